The monoisotopic (exact) mass is 518 g/mol. The third-order valence-electron chi connectivity index (χ3n) is 3.69. The van der Waals surface area contributed by atoms with Crippen LogP contribution in [0.2, 0.25) is 5.02 Å². The fraction of sp³-hybridized carbons (Fsp3) is 0.263. The largest absolute Gasteiger partial charge is 0.497 e. The van der Waals surface area contributed by atoms with Crippen LogP contribution in [0.5, 0.6) is 11.5 Å². The predicted molar refractivity (Wildman–Crippen MR) is 125 cm³/mol. The van der Waals surface area contributed by atoms with Crippen LogP contribution in [-0.2, 0) is 4.79 Å². The number of methoxy groups -OCH3 is 2. The Morgan fingerprint density at radius 1 is 1.11 bits per heavy atom. The molecule has 2 rings (SSSR count). The minimum Gasteiger partial charge on any atom is -0.497 e. The molecular formula is C19H24ClIN4O3. The SMILES string of the molecule is COc1ccc(OC)c(NC(N)=NCCC(=O)Nc2ccc(C)cc2Cl)c1.I. The van der Waals surface area contributed by atoms with Gasteiger partial charge >= 0.3 is 0 Å². The van der Waals surface area contributed by atoms with Gasteiger partial charge in [-0.05, 0) is 36.8 Å². The molecule has 2 aromatic rings. The first-order chi connectivity index (χ1) is 12.9. The zero-order valence-electron chi connectivity index (χ0n) is 15.9. The van der Waals surface area contributed by atoms with Crippen LogP contribution in [0.25, 0.3) is 0 Å². The van der Waals surface area contributed by atoms with Crippen LogP contribution in [-0.4, -0.2) is 32.6 Å². The average Bonchev–Trinajstić information content (AvgIpc) is 2.64. The fourth-order valence-electron chi connectivity index (χ4n) is 2.30. The Balaban J connectivity index is 0.00000392. The van der Waals surface area contributed by atoms with E-state index >= 15 is 0 Å². The number of ether oxygens (including phenoxy) is 2. The summed E-state index contributed by atoms with van der Waals surface area (Å²) in [5, 5.41) is 6.20. The van der Waals surface area contributed by atoms with Crippen LogP contribution in [0.1, 0.15) is 12.0 Å². The molecule has 1 amide bonds. The average molecular weight is 519 g/mol. The van der Waals surface area contributed by atoms with Gasteiger partial charge in [-0.2, -0.15) is 0 Å². The highest BCUT2D eigenvalue weighted by Gasteiger charge is 2.08. The first-order valence-corrected chi connectivity index (χ1v) is 8.65. The smallest absolute Gasteiger partial charge is 0.226 e. The van der Waals surface area contributed by atoms with Crippen LogP contribution in [0.15, 0.2) is 41.4 Å². The van der Waals surface area contributed by atoms with E-state index in [9.17, 15) is 4.79 Å². The summed E-state index contributed by atoms with van der Waals surface area (Å²) in [4.78, 5) is 16.2. The molecule has 7 nitrogen and oxygen atoms in total. The maximum Gasteiger partial charge on any atom is 0.226 e. The van der Waals surface area contributed by atoms with Crippen molar-refractivity contribution in [3.8, 4) is 11.5 Å². The molecule has 0 atom stereocenters. The minimum atomic E-state index is -0.198. The van der Waals surface area contributed by atoms with Crippen molar-refractivity contribution in [2.75, 3.05) is 31.4 Å². The third kappa shape index (κ3) is 7.08. The van der Waals surface area contributed by atoms with Gasteiger partial charge in [-0.3, -0.25) is 9.79 Å². The second-order valence-electron chi connectivity index (χ2n) is 5.74. The maximum atomic E-state index is 12.0. The van der Waals surface area contributed by atoms with Gasteiger partial charge in [0.25, 0.3) is 0 Å². The molecule has 0 aliphatic heterocycles. The molecule has 0 heterocycles. The maximum absolute atomic E-state index is 12.0. The van der Waals surface area contributed by atoms with Crippen LogP contribution >= 0.6 is 35.6 Å². The summed E-state index contributed by atoms with van der Waals surface area (Å²) in [5.41, 5.74) is 8.10. The van der Waals surface area contributed by atoms with Crippen molar-refractivity contribution >= 4 is 58.8 Å². The quantitative estimate of drug-likeness (QED) is 0.292. The van der Waals surface area contributed by atoms with Gasteiger partial charge in [0.1, 0.15) is 11.5 Å². The molecule has 152 valence electrons. The molecule has 0 saturated heterocycles. The van der Waals surface area contributed by atoms with E-state index in [0.717, 1.165) is 5.56 Å². The molecule has 0 radical (unpaired) electrons. The van der Waals surface area contributed by atoms with E-state index in [1.807, 2.05) is 13.0 Å². The molecule has 4 N–H and O–H groups in total. The van der Waals surface area contributed by atoms with Gasteiger partial charge < -0.3 is 25.8 Å². The Bertz CT molecular complexity index is 846. The molecule has 0 saturated carbocycles. The van der Waals surface area contributed by atoms with E-state index in [1.54, 1.807) is 44.6 Å². The second kappa shape index (κ2) is 11.6. The van der Waals surface area contributed by atoms with E-state index in [2.05, 4.69) is 15.6 Å². The van der Waals surface area contributed by atoms with Crippen LogP contribution in [0.4, 0.5) is 11.4 Å². The van der Waals surface area contributed by atoms with Gasteiger partial charge in [-0.15, -0.1) is 24.0 Å². The number of aliphatic imine (C=N–C) groups is 1. The molecule has 2 aromatic carbocycles. The van der Waals surface area contributed by atoms with Crippen molar-refractivity contribution < 1.29 is 14.3 Å². The fourth-order valence-corrected chi connectivity index (χ4v) is 2.58. The first kappa shape index (κ1) is 23.8. The van der Waals surface area contributed by atoms with Crippen molar-refractivity contribution in [1.29, 1.82) is 0 Å². The summed E-state index contributed by atoms with van der Waals surface area (Å²) in [6.07, 6.45) is 0.168. The number of nitrogens with one attached hydrogen (secondary N) is 2. The zero-order chi connectivity index (χ0) is 19.8. The van der Waals surface area contributed by atoms with Gasteiger partial charge in [-0.25, -0.2) is 0 Å². The van der Waals surface area contributed by atoms with Crippen molar-refractivity contribution in [3.63, 3.8) is 0 Å². The summed E-state index contributed by atoms with van der Waals surface area (Å²) in [6.45, 7) is 2.15. The lowest BCUT2D eigenvalue weighted by Crippen LogP contribution is -2.24. The van der Waals surface area contributed by atoms with Crippen LogP contribution in [0, 0.1) is 6.92 Å². The molecule has 0 unspecified atom stereocenters. The minimum absolute atomic E-state index is 0. The highest BCUT2D eigenvalue weighted by Crippen LogP contribution is 2.28. The Labute approximate surface area is 186 Å². The van der Waals surface area contributed by atoms with Crippen molar-refractivity contribution in [3.05, 3.63) is 47.0 Å². The number of aryl methyl sites for hydroxylation is 1. The summed E-state index contributed by atoms with van der Waals surface area (Å²) in [5.74, 6) is 1.22. The lowest BCUT2D eigenvalue weighted by atomic mass is 10.2. The number of nitrogens with two attached hydrogens (primary N) is 1. The number of amides is 1. The molecule has 0 aromatic heterocycles. The highest BCUT2D eigenvalue weighted by atomic mass is 127. The molecular weight excluding hydrogens is 495 g/mol. The van der Waals surface area contributed by atoms with E-state index < -0.39 is 0 Å². The van der Waals surface area contributed by atoms with Crippen molar-refractivity contribution in [2.24, 2.45) is 10.7 Å². The van der Waals surface area contributed by atoms with Gasteiger partial charge in [-0.1, -0.05) is 17.7 Å². The summed E-state index contributed by atoms with van der Waals surface area (Å²) < 4.78 is 10.5. The normalized spacial score (nSPS) is 10.6. The number of rotatable bonds is 7. The first-order valence-electron chi connectivity index (χ1n) is 8.28. The van der Waals surface area contributed by atoms with Crippen LogP contribution in [0.3, 0.4) is 0 Å². The van der Waals surface area contributed by atoms with E-state index in [0.29, 0.717) is 27.9 Å². The number of carbonyl (C=O) groups excluding carboxylic acids is 1. The lowest BCUT2D eigenvalue weighted by Gasteiger charge is -2.12. The summed E-state index contributed by atoms with van der Waals surface area (Å²) in [7, 11) is 3.13. The molecule has 0 bridgehead atoms. The number of guanidine groups is 1. The molecule has 9 heteroatoms. The predicted octanol–water partition coefficient (Wildman–Crippen LogP) is 4.04. The number of hydrogen-bond acceptors (Lipinski definition) is 4. The van der Waals surface area contributed by atoms with E-state index in [-0.39, 0.29) is 48.8 Å². The second-order valence-corrected chi connectivity index (χ2v) is 6.15. The number of nitrogens with zero attached hydrogens (tertiary/aromatic N) is 1. The number of carbonyl (C=O) groups is 1. The topological polar surface area (TPSA) is 98.0 Å². The lowest BCUT2D eigenvalue weighted by molar-refractivity contribution is -0.116. The number of hydrogen-bond donors (Lipinski definition) is 3. The van der Waals surface area contributed by atoms with Crippen molar-refractivity contribution in [2.45, 2.75) is 13.3 Å². The Kier molecular flexibility index (Phi) is 9.88. The van der Waals surface area contributed by atoms with Crippen molar-refractivity contribution in [1.82, 2.24) is 0 Å². The van der Waals surface area contributed by atoms with Gasteiger partial charge in [0.2, 0.25) is 5.91 Å². The van der Waals surface area contributed by atoms with Gasteiger partial charge in [0.15, 0.2) is 5.96 Å². The standard InChI is InChI=1S/C19H23ClN4O3.HI/c1-12-4-6-15(14(20)10-12)23-18(25)8-9-22-19(21)24-16-11-13(26-2)5-7-17(16)27-3;/h4-7,10-11H,8-9H2,1-3H3,(H,23,25)(H3,21,22,24);1H. The van der Waals surface area contributed by atoms with Crippen LogP contribution < -0.4 is 25.8 Å². The Morgan fingerprint density at radius 3 is 2.50 bits per heavy atom. The van der Waals surface area contributed by atoms with Gasteiger partial charge in [0, 0.05) is 12.5 Å². The molecule has 0 spiro atoms. The number of benzene rings is 2. The number of halogens is 2. The molecule has 0 fully saturated rings. The molecule has 0 aliphatic carbocycles. The third-order valence-corrected chi connectivity index (χ3v) is 4.00. The summed E-state index contributed by atoms with van der Waals surface area (Å²) >= 11 is 6.11. The Hall–Kier alpha value is -2.20. The van der Waals surface area contributed by atoms with E-state index in [1.165, 1.54) is 0 Å². The zero-order valence-corrected chi connectivity index (χ0v) is 19.0. The molecule has 28 heavy (non-hydrogen) atoms. The Morgan fingerprint density at radius 2 is 1.86 bits per heavy atom. The number of anilines is 2. The van der Waals surface area contributed by atoms with Gasteiger partial charge in [0.05, 0.1) is 37.2 Å². The molecule has 0 aliphatic rings. The van der Waals surface area contributed by atoms with E-state index in [4.69, 9.17) is 26.8 Å². The summed E-state index contributed by atoms with van der Waals surface area (Å²) in [6, 6.07) is 10.7. The highest BCUT2D eigenvalue weighted by molar-refractivity contribution is 14.0.